The van der Waals surface area contributed by atoms with Crippen molar-refractivity contribution < 1.29 is 4.79 Å². The molecule has 1 rings (SSSR count). The zero-order chi connectivity index (χ0) is 9.84. The monoisotopic (exact) mass is 351 g/mol. The third kappa shape index (κ3) is 2.68. The van der Waals surface area contributed by atoms with Gasteiger partial charge in [-0.1, -0.05) is 15.9 Å². The summed E-state index contributed by atoms with van der Waals surface area (Å²) < 4.78 is 1.54. The van der Waals surface area contributed by atoms with E-state index in [1.807, 2.05) is 28.7 Å². The lowest BCUT2D eigenvalue weighted by molar-refractivity contribution is 0.0999. The number of halogens is 2. The minimum absolute atomic E-state index is 0.410. The average molecular weight is 352 g/mol. The Kier molecular flexibility index (Phi) is 3.71. The summed E-state index contributed by atoms with van der Waals surface area (Å²) in [5.74, 6) is -0.562. The highest BCUT2D eigenvalue weighted by molar-refractivity contribution is 14.1. The zero-order valence-corrected chi connectivity index (χ0v) is 9.98. The molecule has 0 spiro atoms. The van der Waals surface area contributed by atoms with Crippen molar-refractivity contribution in [1.29, 1.82) is 0 Å². The van der Waals surface area contributed by atoms with Crippen LogP contribution < -0.4 is 0 Å². The summed E-state index contributed by atoms with van der Waals surface area (Å²) in [4.78, 5) is 13.6. The molecule has 0 heterocycles. The summed E-state index contributed by atoms with van der Waals surface area (Å²) in [6.07, 6.45) is 0. The molecular formula is C7H3BrIN3O. The summed E-state index contributed by atoms with van der Waals surface area (Å²) in [6.45, 7) is 0. The summed E-state index contributed by atoms with van der Waals surface area (Å²) in [5, 5.41) is 3.01. The van der Waals surface area contributed by atoms with Gasteiger partial charge in [-0.25, -0.2) is 0 Å². The highest BCUT2D eigenvalue weighted by Crippen LogP contribution is 2.19. The lowest BCUT2D eigenvalue weighted by Crippen LogP contribution is -1.96. The number of amides is 1. The molecule has 0 aliphatic carbocycles. The SMILES string of the molecule is [N-]=[N+]=NC(=O)c1cc(Br)ccc1I. The second kappa shape index (κ2) is 4.59. The molecule has 0 saturated heterocycles. The first-order chi connectivity index (χ1) is 6.15. The zero-order valence-electron chi connectivity index (χ0n) is 6.24. The van der Waals surface area contributed by atoms with Crippen molar-refractivity contribution in [1.82, 2.24) is 0 Å². The van der Waals surface area contributed by atoms with Gasteiger partial charge in [-0.2, -0.15) is 0 Å². The summed E-state index contributed by atoms with van der Waals surface area (Å²) in [5.41, 5.74) is 8.49. The quantitative estimate of drug-likeness (QED) is 0.330. The van der Waals surface area contributed by atoms with Crippen LogP contribution in [0.2, 0.25) is 0 Å². The van der Waals surface area contributed by atoms with Crippen LogP contribution in [0, 0.1) is 3.57 Å². The van der Waals surface area contributed by atoms with Gasteiger partial charge in [0.05, 0.1) is 0 Å². The number of carbonyl (C=O) groups is 1. The van der Waals surface area contributed by atoms with Crippen LogP contribution in [0.25, 0.3) is 10.4 Å². The third-order valence-corrected chi connectivity index (χ3v) is 2.73. The molecule has 1 aromatic carbocycles. The number of benzene rings is 1. The third-order valence-electron chi connectivity index (χ3n) is 1.29. The molecule has 13 heavy (non-hydrogen) atoms. The fourth-order valence-corrected chi connectivity index (χ4v) is 1.68. The van der Waals surface area contributed by atoms with E-state index in [9.17, 15) is 4.79 Å². The standard InChI is InChI=1S/C7H3BrIN3O/c8-4-1-2-6(9)5(3-4)7(13)11-12-10/h1-3H. The van der Waals surface area contributed by atoms with Crippen molar-refractivity contribution in [3.63, 3.8) is 0 Å². The van der Waals surface area contributed by atoms with E-state index >= 15 is 0 Å². The van der Waals surface area contributed by atoms with E-state index < -0.39 is 5.91 Å². The van der Waals surface area contributed by atoms with Crippen molar-refractivity contribution in [3.8, 4) is 0 Å². The fraction of sp³-hybridized carbons (Fsp3) is 0. The van der Waals surface area contributed by atoms with E-state index in [1.54, 1.807) is 12.1 Å². The average Bonchev–Trinajstić information content (AvgIpc) is 2.09. The van der Waals surface area contributed by atoms with Gasteiger partial charge in [-0.3, -0.25) is 4.79 Å². The molecule has 0 saturated carbocycles. The van der Waals surface area contributed by atoms with Crippen molar-refractivity contribution in [2.45, 2.75) is 0 Å². The van der Waals surface area contributed by atoms with Gasteiger partial charge in [0.25, 0.3) is 0 Å². The Labute approximate surface area is 96.2 Å². The number of carbonyl (C=O) groups excluding carboxylic acids is 1. The van der Waals surface area contributed by atoms with Crippen LogP contribution >= 0.6 is 38.5 Å². The van der Waals surface area contributed by atoms with E-state index in [0.29, 0.717) is 5.56 Å². The maximum absolute atomic E-state index is 11.2. The number of nitrogens with zero attached hydrogens (tertiary/aromatic N) is 3. The summed E-state index contributed by atoms with van der Waals surface area (Å²) in [6, 6.07) is 5.21. The fourth-order valence-electron chi connectivity index (χ4n) is 0.756. The Morgan fingerprint density at radius 2 is 2.31 bits per heavy atom. The second-order valence-electron chi connectivity index (χ2n) is 2.12. The molecule has 0 aliphatic heterocycles. The number of azide groups is 1. The summed E-state index contributed by atoms with van der Waals surface area (Å²) in [7, 11) is 0. The van der Waals surface area contributed by atoms with Gasteiger partial charge in [0.2, 0.25) is 5.91 Å². The Balaban J connectivity index is 3.20. The normalized spacial score (nSPS) is 9.08. The van der Waals surface area contributed by atoms with Crippen LogP contribution in [0.4, 0.5) is 0 Å². The molecule has 6 heteroatoms. The molecule has 66 valence electrons. The van der Waals surface area contributed by atoms with E-state index in [-0.39, 0.29) is 0 Å². The van der Waals surface area contributed by atoms with Gasteiger partial charge in [-0.05, 0) is 51.4 Å². The molecule has 4 nitrogen and oxygen atoms in total. The predicted molar refractivity (Wildman–Crippen MR) is 60.3 cm³/mol. The van der Waals surface area contributed by atoms with Crippen molar-refractivity contribution in [2.75, 3.05) is 0 Å². The van der Waals surface area contributed by atoms with E-state index in [0.717, 1.165) is 8.04 Å². The molecule has 0 radical (unpaired) electrons. The first kappa shape index (κ1) is 10.5. The van der Waals surface area contributed by atoms with Crippen LogP contribution in [0.1, 0.15) is 10.4 Å². The predicted octanol–water partition coefficient (Wildman–Crippen LogP) is 3.50. The van der Waals surface area contributed by atoms with Crippen LogP contribution in [0.3, 0.4) is 0 Å². The first-order valence-corrected chi connectivity index (χ1v) is 5.07. The largest absolute Gasteiger partial charge is 0.287 e. The molecule has 1 aromatic rings. The van der Waals surface area contributed by atoms with Crippen LogP contribution in [-0.4, -0.2) is 5.91 Å². The molecular weight excluding hydrogens is 349 g/mol. The van der Waals surface area contributed by atoms with Gasteiger partial charge in [0, 0.05) is 18.5 Å². The van der Waals surface area contributed by atoms with E-state index in [4.69, 9.17) is 5.53 Å². The smallest absolute Gasteiger partial charge is 0.250 e. The van der Waals surface area contributed by atoms with Crippen LogP contribution in [0.15, 0.2) is 27.8 Å². The molecule has 0 fully saturated rings. The minimum Gasteiger partial charge on any atom is -0.287 e. The maximum atomic E-state index is 11.2. The lowest BCUT2D eigenvalue weighted by Gasteiger charge is -1.98. The Morgan fingerprint density at radius 1 is 1.62 bits per heavy atom. The van der Waals surface area contributed by atoms with E-state index in [2.05, 4.69) is 26.0 Å². The molecule has 1 amide bonds. The van der Waals surface area contributed by atoms with E-state index in [1.165, 1.54) is 0 Å². The number of hydrogen-bond acceptors (Lipinski definition) is 1. The Morgan fingerprint density at radius 3 is 2.92 bits per heavy atom. The molecule has 0 bridgehead atoms. The molecule has 0 atom stereocenters. The van der Waals surface area contributed by atoms with Gasteiger partial charge >= 0.3 is 0 Å². The van der Waals surface area contributed by atoms with Crippen molar-refractivity contribution in [2.24, 2.45) is 5.11 Å². The van der Waals surface area contributed by atoms with Crippen molar-refractivity contribution in [3.05, 3.63) is 42.2 Å². The van der Waals surface area contributed by atoms with Crippen LogP contribution in [-0.2, 0) is 0 Å². The Hall–Kier alpha value is -0.590. The Bertz CT molecular complexity index is 401. The number of hydrogen-bond donors (Lipinski definition) is 0. The highest BCUT2D eigenvalue weighted by atomic mass is 127. The minimum atomic E-state index is -0.562. The van der Waals surface area contributed by atoms with Crippen LogP contribution in [0.5, 0.6) is 0 Å². The van der Waals surface area contributed by atoms with Crippen molar-refractivity contribution >= 4 is 44.4 Å². The molecule has 0 aliphatic rings. The molecule has 0 N–H and O–H groups in total. The lowest BCUT2D eigenvalue weighted by atomic mass is 10.2. The molecule has 0 aromatic heterocycles. The van der Waals surface area contributed by atoms with Gasteiger partial charge in [0.15, 0.2) is 0 Å². The maximum Gasteiger partial charge on any atom is 0.250 e. The number of rotatable bonds is 1. The van der Waals surface area contributed by atoms with Gasteiger partial charge in [-0.15, -0.1) is 0 Å². The first-order valence-electron chi connectivity index (χ1n) is 3.19. The highest BCUT2D eigenvalue weighted by Gasteiger charge is 2.07. The summed E-state index contributed by atoms with van der Waals surface area (Å²) >= 11 is 5.23. The second-order valence-corrected chi connectivity index (χ2v) is 4.20. The topological polar surface area (TPSA) is 65.8 Å². The van der Waals surface area contributed by atoms with Gasteiger partial charge < -0.3 is 0 Å². The molecule has 0 unspecified atom stereocenters. The van der Waals surface area contributed by atoms with Gasteiger partial charge in [0.1, 0.15) is 0 Å².